The topological polar surface area (TPSA) is 66.4 Å². The lowest BCUT2D eigenvalue weighted by Gasteiger charge is -2.28. The number of rotatable bonds is 6. The highest BCUT2D eigenvalue weighted by atomic mass is 32.2. The number of hydrogen-bond acceptors (Lipinski definition) is 3. The molecule has 2 aliphatic carbocycles. The summed E-state index contributed by atoms with van der Waals surface area (Å²) in [5, 5.41) is 11.3. The Bertz CT molecular complexity index is 361. The Morgan fingerprint density at radius 1 is 1.32 bits per heavy atom. The van der Waals surface area contributed by atoms with Crippen LogP contribution in [0.2, 0.25) is 0 Å². The van der Waals surface area contributed by atoms with Crippen LogP contribution in [0.25, 0.3) is 0 Å². The highest BCUT2D eigenvalue weighted by molar-refractivity contribution is 8.01. The van der Waals surface area contributed by atoms with Gasteiger partial charge in [0.15, 0.2) is 0 Å². The first-order chi connectivity index (χ1) is 8.97. The van der Waals surface area contributed by atoms with Crippen molar-refractivity contribution in [1.29, 1.82) is 0 Å². The van der Waals surface area contributed by atoms with Gasteiger partial charge in [-0.15, -0.1) is 11.8 Å². The zero-order valence-corrected chi connectivity index (χ0v) is 12.4. The monoisotopic (exact) mass is 285 g/mol. The van der Waals surface area contributed by atoms with Gasteiger partial charge in [-0.05, 0) is 50.9 Å². The van der Waals surface area contributed by atoms with E-state index in [1.165, 1.54) is 37.4 Å². The molecule has 0 radical (unpaired) electrons. The maximum absolute atomic E-state index is 11.8. The van der Waals surface area contributed by atoms with Gasteiger partial charge in [-0.3, -0.25) is 9.59 Å². The molecule has 5 heteroatoms. The minimum Gasteiger partial charge on any atom is -0.480 e. The van der Waals surface area contributed by atoms with Crippen LogP contribution < -0.4 is 5.32 Å². The van der Waals surface area contributed by atoms with Gasteiger partial charge in [0.25, 0.3) is 0 Å². The third-order valence-corrected chi connectivity index (χ3v) is 5.77. The molecule has 0 unspecified atom stereocenters. The number of hydrogen-bond donors (Lipinski definition) is 2. The van der Waals surface area contributed by atoms with Crippen LogP contribution >= 0.6 is 11.8 Å². The number of thioether (sulfide) groups is 1. The van der Waals surface area contributed by atoms with E-state index in [2.05, 4.69) is 12.2 Å². The molecule has 2 aliphatic rings. The molecule has 2 saturated carbocycles. The molecule has 0 aromatic heterocycles. The van der Waals surface area contributed by atoms with E-state index >= 15 is 0 Å². The summed E-state index contributed by atoms with van der Waals surface area (Å²) in [6.07, 6.45) is 5.29. The lowest BCUT2D eigenvalue weighted by atomic mass is 9.84. The van der Waals surface area contributed by atoms with E-state index in [1.807, 2.05) is 0 Å². The molecule has 2 fully saturated rings. The minimum atomic E-state index is -0.862. The molecule has 2 N–H and O–H groups in total. The van der Waals surface area contributed by atoms with Crippen molar-refractivity contribution in [2.75, 3.05) is 5.75 Å². The number of carbonyl (C=O) groups is 2. The van der Waals surface area contributed by atoms with Gasteiger partial charge in [-0.2, -0.15) is 0 Å². The Morgan fingerprint density at radius 2 is 2.05 bits per heavy atom. The largest absolute Gasteiger partial charge is 0.480 e. The van der Waals surface area contributed by atoms with Crippen molar-refractivity contribution in [2.24, 2.45) is 17.8 Å². The van der Waals surface area contributed by atoms with Crippen LogP contribution in [0, 0.1) is 17.8 Å². The van der Waals surface area contributed by atoms with E-state index in [9.17, 15) is 9.59 Å². The van der Waals surface area contributed by atoms with Gasteiger partial charge in [0.05, 0.1) is 11.0 Å². The average Bonchev–Trinajstić information content (AvgIpc) is 2.97. The van der Waals surface area contributed by atoms with Crippen LogP contribution in [0.15, 0.2) is 0 Å². The van der Waals surface area contributed by atoms with Crippen LogP contribution in [-0.2, 0) is 9.59 Å². The number of fused-ring (bicyclic) bond motifs is 2. The normalized spacial score (nSPS) is 32.0. The fourth-order valence-corrected chi connectivity index (χ4v) is 4.21. The van der Waals surface area contributed by atoms with Crippen LogP contribution in [-0.4, -0.2) is 34.0 Å². The van der Waals surface area contributed by atoms with Crippen LogP contribution in [0.5, 0.6) is 0 Å². The molecule has 5 atom stereocenters. The molecule has 108 valence electrons. The number of carboxylic acids is 1. The summed E-state index contributed by atoms with van der Waals surface area (Å²) in [5.74, 6) is 1.65. The first-order valence-electron chi connectivity index (χ1n) is 7.11. The van der Waals surface area contributed by atoms with Crippen molar-refractivity contribution in [1.82, 2.24) is 5.32 Å². The summed E-state index contributed by atoms with van der Waals surface area (Å²) in [6.45, 7) is 3.70. The second-order valence-electron chi connectivity index (χ2n) is 5.99. The molecule has 0 heterocycles. The van der Waals surface area contributed by atoms with Crippen LogP contribution in [0.3, 0.4) is 0 Å². The number of amides is 1. The van der Waals surface area contributed by atoms with Gasteiger partial charge in [-0.25, -0.2) is 0 Å². The lowest BCUT2D eigenvalue weighted by Crippen LogP contribution is -2.41. The quantitative estimate of drug-likeness (QED) is 0.784. The van der Waals surface area contributed by atoms with Crippen molar-refractivity contribution in [2.45, 2.75) is 50.8 Å². The van der Waals surface area contributed by atoms with Gasteiger partial charge in [-0.1, -0.05) is 6.42 Å². The summed E-state index contributed by atoms with van der Waals surface area (Å²) in [6, 6.07) is 0.225. The number of carboxylic acid groups (broad SMARTS) is 1. The SMILES string of the molecule is C[C@H](SCC(=O)N[C@@H](C)[C@@H]1C[C@H]2CC[C@H]1C2)C(=O)O. The van der Waals surface area contributed by atoms with Crippen molar-refractivity contribution in [3.63, 3.8) is 0 Å². The smallest absolute Gasteiger partial charge is 0.316 e. The van der Waals surface area contributed by atoms with E-state index in [4.69, 9.17) is 5.11 Å². The Hall–Kier alpha value is -0.710. The molecule has 0 saturated heterocycles. The molecule has 0 spiro atoms. The van der Waals surface area contributed by atoms with E-state index in [-0.39, 0.29) is 17.7 Å². The summed E-state index contributed by atoms with van der Waals surface area (Å²) in [4.78, 5) is 22.5. The number of aliphatic carboxylic acids is 1. The summed E-state index contributed by atoms with van der Waals surface area (Å²) in [7, 11) is 0. The molecule has 19 heavy (non-hydrogen) atoms. The van der Waals surface area contributed by atoms with Gasteiger partial charge in [0, 0.05) is 6.04 Å². The zero-order chi connectivity index (χ0) is 14.0. The summed E-state index contributed by atoms with van der Waals surface area (Å²) < 4.78 is 0. The maximum Gasteiger partial charge on any atom is 0.316 e. The van der Waals surface area contributed by atoms with Crippen molar-refractivity contribution in [3.05, 3.63) is 0 Å². The second-order valence-corrected chi connectivity index (χ2v) is 7.32. The van der Waals surface area contributed by atoms with Crippen molar-refractivity contribution in [3.8, 4) is 0 Å². The maximum atomic E-state index is 11.8. The molecule has 0 aromatic carbocycles. The fraction of sp³-hybridized carbons (Fsp3) is 0.857. The van der Waals surface area contributed by atoms with Crippen molar-refractivity contribution < 1.29 is 14.7 Å². The Morgan fingerprint density at radius 3 is 2.58 bits per heavy atom. The van der Waals surface area contributed by atoms with Gasteiger partial charge in [0.1, 0.15) is 0 Å². The molecule has 4 nitrogen and oxygen atoms in total. The highest BCUT2D eigenvalue weighted by Crippen LogP contribution is 2.49. The molecule has 1 amide bonds. The minimum absolute atomic E-state index is 0.0339. The molecule has 2 rings (SSSR count). The predicted octanol–water partition coefficient (Wildman–Crippen LogP) is 2.13. The number of carbonyl (C=O) groups excluding carboxylic acids is 1. The molecule has 0 aromatic rings. The Labute approximate surface area is 118 Å². The summed E-state index contributed by atoms with van der Waals surface area (Å²) >= 11 is 1.18. The van der Waals surface area contributed by atoms with E-state index in [1.54, 1.807) is 6.92 Å². The predicted molar refractivity (Wildman–Crippen MR) is 76.1 cm³/mol. The van der Waals surface area contributed by atoms with Gasteiger partial charge in [0.2, 0.25) is 5.91 Å². The fourth-order valence-electron chi connectivity index (χ4n) is 3.58. The average molecular weight is 285 g/mol. The molecular formula is C14H23NO3S. The molecule has 2 bridgehead atoms. The Balaban J connectivity index is 1.71. The van der Waals surface area contributed by atoms with E-state index in [0.29, 0.717) is 5.92 Å². The third-order valence-electron chi connectivity index (χ3n) is 4.64. The second kappa shape index (κ2) is 6.16. The van der Waals surface area contributed by atoms with Crippen molar-refractivity contribution >= 4 is 23.6 Å². The zero-order valence-electron chi connectivity index (χ0n) is 11.6. The third kappa shape index (κ3) is 3.65. The van der Waals surface area contributed by atoms with Crippen LogP contribution in [0.1, 0.15) is 39.5 Å². The van der Waals surface area contributed by atoms with Crippen LogP contribution in [0.4, 0.5) is 0 Å². The van der Waals surface area contributed by atoms with Gasteiger partial charge >= 0.3 is 5.97 Å². The Kier molecular flexibility index (Phi) is 4.76. The first kappa shape index (κ1) is 14.7. The number of nitrogens with one attached hydrogen (secondary N) is 1. The van der Waals surface area contributed by atoms with E-state index < -0.39 is 11.2 Å². The molecule has 0 aliphatic heterocycles. The standard InChI is InChI=1S/C14H23NO3S/c1-8(12-6-10-3-4-11(12)5-10)15-13(16)7-19-9(2)14(17)18/h8-12H,3-7H2,1-2H3,(H,15,16)(H,17,18)/t8-,9-,10-,11-,12-/m0/s1. The summed E-state index contributed by atoms with van der Waals surface area (Å²) in [5.41, 5.74) is 0. The lowest BCUT2D eigenvalue weighted by molar-refractivity contribution is -0.136. The first-order valence-corrected chi connectivity index (χ1v) is 8.16. The molecular weight excluding hydrogens is 262 g/mol. The van der Waals surface area contributed by atoms with E-state index in [0.717, 1.165) is 11.8 Å². The highest BCUT2D eigenvalue weighted by Gasteiger charge is 2.42. The van der Waals surface area contributed by atoms with Gasteiger partial charge < -0.3 is 10.4 Å².